The molecule has 1 aromatic heterocycles. The van der Waals surface area contributed by atoms with E-state index < -0.39 is 0 Å². The molecule has 5 nitrogen and oxygen atoms in total. The first-order chi connectivity index (χ1) is 8.25. The third-order valence-corrected chi connectivity index (χ3v) is 2.53. The minimum atomic E-state index is 0.0926. The van der Waals surface area contributed by atoms with Crippen molar-refractivity contribution in [1.29, 1.82) is 0 Å². The highest BCUT2D eigenvalue weighted by molar-refractivity contribution is 5.44. The molecule has 0 radical (unpaired) electrons. The molecule has 0 aromatic carbocycles. The van der Waals surface area contributed by atoms with E-state index >= 15 is 0 Å². The molecule has 0 amide bonds. The van der Waals surface area contributed by atoms with E-state index in [0.717, 1.165) is 26.0 Å². The fourth-order valence-corrected chi connectivity index (χ4v) is 1.77. The van der Waals surface area contributed by atoms with Crippen molar-refractivity contribution >= 4 is 5.82 Å². The molecule has 1 saturated heterocycles. The second kappa shape index (κ2) is 5.82. The van der Waals surface area contributed by atoms with Gasteiger partial charge in [0.25, 0.3) is 5.88 Å². The third-order valence-electron chi connectivity index (χ3n) is 2.53. The predicted molar refractivity (Wildman–Crippen MR) is 65.3 cm³/mol. The summed E-state index contributed by atoms with van der Waals surface area (Å²) in [6, 6.07) is 0. The third kappa shape index (κ3) is 3.56. The molecule has 2 rings (SSSR count). The molecule has 0 unspecified atom stereocenters. The van der Waals surface area contributed by atoms with E-state index in [1.165, 1.54) is 0 Å². The van der Waals surface area contributed by atoms with Gasteiger partial charge in [0.2, 0.25) is 0 Å². The van der Waals surface area contributed by atoms with Crippen molar-refractivity contribution in [3.63, 3.8) is 0 Å². The first-order valence-corrected chi connectivity index (χ1v) is 6.09. The minimum absolute atomic E-state index is 0.0926. The monoisotopic (exact) mass is 237 g/mol. The van der Waals surface area contributed by atoms with Crippen LogP contribution in [0.15, 0.2) is 12.4 Å². The van der Waals surface area contributed by atoms with E-state index in [-0.39, 0.29) is 12.2 Å². The van der Waals surface area contributed by atoms with Gasteiger partial charge in [0.15, 0.2) is 5.82 Å². The van der Waals surface area contributed by atoms with E-state index in [0.29, 0.717) is 11.7 Å². The summed E-state index contributed by atoms with van der Waals surface area (Å²) in [5.41, 5.74) is 0. The summed E-state index contributed by atoms with van der Waals surface area (Å²) in [4.78, 5) is 8.41. The molecule has 94 valence electrons. The summed E-state index contributed by atoms with van der Waals surface area (Å²) in [6.45, 7) is 5.56. The number of nitrogens with one attached hydrogen (secondary N) is 1. The molecule has 1 aromatic rings. The number of rotatable bonds is 5. The van der Waals surface area contributed by atoms with Gasteiger partial charge in [0.1, 0.15) is 0 Å². The largest absolute Gasteiger partial charge is 0.472 e. The second-order valence-corrected chi connectivity index (χ2v) is 4.39. The van der Waals surface area contributed by atoms with Gasteiger partial charge in [0.05, 0.1) is 12.2 Å². The summed E-state index contributed by atoms with van der Waals surface area (Å²) in [5.74, 6) is 1.25. The average Bonchev–Trinajstić information content (AvgIpc) is 2.80. The Morgan fingerprint density at radius 1 is 1.47 bits per heavy atom. The van der Waals surface area contributed by atoms with Crippen molar-refractivity contribution in [1.82, 2.24) is 9.97 Å². The van der Waals surface area contributed by atoms with Crippen LogP contribution < -0.4 is 10.1 Å². The van der Waals surface area contributed by atoms with Crippen LogP contribution in [-0.4, -0.2) is 35.3 Å². The lowest BCUT2D eigenvalue weighted by atomic mass is 10.2. The first kappa shape index (κ1) is 12.1. The highest BCUT2D eigenvalue weighted by Gasteiger charge is 2.16. The normalized spacial score (nSPS) is 19.6. The van der Waals surface area contributed by atoms with Crippen molar-refractivity contribution in [3.8, 4) is 5.88 Å². The number of aromatic nitrogens is 2. The Morgan fingerprint density at radius 3 is 3.00 bits per heavy atom. The molecule has 0 saturated carbocycles. The highest BCUT2D eigenvalue weighted by atomic mass is 16.5. The zero-order chi connectivity index (χ0) is 12.1. The molecule has 0 bridgehead atoms. The van der Waals surface area contributed by atoms with Gasteiger partial charge >= 0.3 is 0 Å². The van der Waals surface area contributed by atoms with Crippen LogP contribution >= 0.6 is 0 Å². The molecular formula is C12H19N3O2. The van der Waals surface area contributed by atoms with E-state index in [2.05, 4.69) is 15.3 Å². The van der Waals surface area contributed by atoms with Crippen molar-refractivity contribution in [2.24, 2.45) is 0 Å². The Labute approximate surface area is 102 Å². The zero-order valence-corrected chi connectivity index (χ0v) is 10.3. The lowest BCUT2D eigenvalue weighted by Gasteiger charge is -2.15. The minimum Gasteiger partial charge on any atom is -0.472 e. The van der Waals surface area contributed by atoms with Crippen molar-refractivity contribution in [2.75, 3.05) is 18.5 Å². The van der Waals surface area contributed by atoms with Crippen LogP contribution in [-0.2, 0) is 4.74 Å². The quantitative estimate of drug-likeness (QED) is 0.847. The highest BCUT2D eigenvalue weighted by Crippen LogP contribution is 2.20. The number of hydrogen-bond donors (Lipinski definition) is 1. The van der Waals surface area contributed by atoms with Gasteiger partial charge in [-0.3, -0.25) is 0 Å². The lowest BCUT2D eigenvalue weighted by Crippen LogP contribution is -2.20. The van der Waals surface area contributed by atoms with Crippen LogP contribution in [0.4, 0.5) is 5.82 Å². The Morgan fingerprint density at radius 2 is 2.29 bits per heavy atom. The van der Waals surface area contributed by atoms with Crippen molar-refractivity contribution in [3.05, 3.63) is 12.4 Å². The van der Waals surface area contributed by atoms with Gasteiger partial charge in [-0.05, 0) is 26.7 Å². The maximum atomic E-state index is 5.58. The molecule has 1 aliphatic rings. The number of anilines is 1. The van der Waals surface area contributed by atoms with Gasteiger partial charge in [-0.1, -0.05) is 0 Å². The summed E-state index contributed by atoms with van der Waals surface area (Å²) < 4.78 is 11.1. The van der Waals surface area contributed by atoms with Gasteiger partial charge < -0.3 is 14.8 Å². The Kier molecular flexibility index (Phi) is 4.14. The Hall–Kier alpha value is -1.36. The fraction of sp³-hybridized carbons (Fsp3) is 0.667. The van der Waals surface area contributed by atoms with Gasteiger partial charge in [-0.25, -0.2) is 9.97 Å². The maximum Gasteiger partial charge on any atom is 0.257 e. The number of nitrogens with zero attached hydrogens (tertiary/aromatic N) is 2. The molecule has 1 N–H and O–H groups in total. The van der Waals surface area contributed by atoms with Crippen LogP contribution in [0.5, 0.6) is 5.88 Å². The van der Waals surface area contributed by atoms with Gasteiger partial charge in [-0.2, -0.15) is 0 Å². The van der Waals surface area contributed by atoms with Crippen molar-refractivity contribution in [2.45, 2.75) is 38.9 Å². The summed E-state index contributed by atoms with van der Waals surface area (Å²) in [7, 11) is 0. The van der Waals surface area contributed by atoms with Crippen LogP contribution in [0, 0.1) is 0 Å². The number of ether oxygens (including phenoxy) is 2. The molecule has 17 heavy (non-hydrogen) atoms. The van der Waals surface area contributed by atoms with Gasteiger partial charge in [-0.15, -0.1) is 0 Å². The van der Waals surface area contributed by atoms with Crippen LogP contribution in [0.3, 0.4) is 0 Å². The van der Waals surface area contributed by atoms with Gasteiger partial charge in [0, 0.05) is 25.5 Å². The zero-order valence-electron chi connectivity index (χ0n) is 10.3. The molecule has 1 atom stereocenters. The molecule has 0 aliphatic carbocycles. The van der Waals surface area contributed by atoms with E-state index in [4.69, 9.17) is 9.47 Å². The predicted octanol–water partition coefficient (Wildman–Crippen LogP) is 1.85. The maximum absolute atomic E-state index is 5.58. The smallest absolute Gasteiger partial charge is 0.257 e. The average molecular weight is 237 g/mol. The molecule has 1 fully saturated rings. The second-order valence-electron chi connectivity index (χ2n) is 4.39. The molecule has 0 spiro atoms. The van der Waals surface area contributed by atoms with Crippen LogP contribution in [0.2, 0.25) is 0 Å². The summed E-state index contributed by atoms with van der Waals surface area (Å²) in [6.07, 6.45) is 5.91. The van der Waals surface area contributed by atoms with Crippen LogP contribution in [0.25, 0.3) is 0 Å². The topological polar surface area (TPSA) is 56.3 Å². The molecular weight excluding hydrogens is 218 g/mol. The Bertz CT molecular complexity index is 351. The van der Waals surface area contributed by atoms with E-state index in [1.54, 1.807) is 12.4 Å². The van der Waals surface area contributed by atoms with Crippen LogP contribution in [0.1, 0.15) is 26.7 Å². The molecule has 1 aliphatic heterocycles. The van der Waals surface area contributed by atoms with E-state index in [1.807, 2.05) is 13.8 Å². The Balaban J connectivity index is 1.94. The molecule has 2 heterocycles. The standard InChI is InChI=1S/C12H19N3O2/c1-9(2)17-12-11(13-5-6-14-12)15-8-10-4-3-7-16-10/h5-6,9-10H,3-4,7-8H2,1-2H3,(H,13,15)/t10-/m1/s1. The first-order valence-electron chi connectivity index (χ1n) is 6.09. The fourth-order valence-electron chi connectivity index (χ4n) is 1.77. The SMILES string of the molecule is CC(C)Oc1nccnc1NC[C@H]1CCCO1. The number of hydrogen-bond acceptors (Lipinski definition) is 5. The lowest BCUT2D eigenvalue weighted by molar-refractivity contribution is 0.120. The van der Waals surface area contributed by atoms with E-state index in [9.17, 15) is 0 Å². The summed E-state index contributed by atoms with van der Waals surface area (Å²) >= 11 is 0. The van der Waals surface area contributed by atoms with Crippen molar-refractivity contribution < 1.29 is 9.47 Å². The summed E-state index contributed by atoms with van der Waals surface area (Å²) in [5, 5.41) is 3.24. The molecule has 5 heteroatoms.